The summed E-state index contributed by atoms with van der Waals surface area (Å²) in [5.74, 6) is 0.606. The van der Waals surface area contributed by atoms with E-state index in [1.54, 1.807) is 0 Å². The summed E-state index contributed by atoms with van der Waals surface area (Å²) in [4.78, 5) is 0. The molecule has 1 aliphatic rings. The van der Waals surface area contributed by atoms with Crippen molar-refractivity contribution < 1.29 is 8.42 Å². The summed E-state index contributed by atoms with van der Waals surface area (Å²) >= 11 is 2.27. The summed E-state index contributed by atoms with van der Waals surface area (Å²) in [7, 11) is -2.84. The second kappa shape index (κ2) is 5.14. The van der Waals surface area contributed by atoms with Crippen LogP contribution in [0.4, 0.5) is 5.69 Å². The highest BCUT2D eigenvalue weighted by Crippen LogP contribution is 2.22. The molecule has 1 N–H and O–H groups in total. The second-order valence-electron chi connectivity index (χ2n) is 4.56. The average molecular weight is 365 g/mol. The summed E-state index contributed by atoms with van der Waals surface area (Å²) < 4.78 is 24.3. The molecule has 0 amide bonds. The van der Waals surface area contributed by atoms with Gasteiger partial charge in [-0.1, -0.05) is 0 Å². The zero-order valence-electron chi connectivity index (χ0n) is 9.74. The topological polar surface area (TPSA) is 46.2 Å². The van der Waals surface area contributed by atoms with Crippen molar-refractivity contribution in [2.24, 2.45) is 0 Å². The standard InChI is InChI=1S/C12H16INO2S/c1-9-7-10(13)4-5-12(9)14-11-3-2-6-17(15,16)8-11/h4-5,7,11,14H,2-3,6,8H2,1H3. The van der Waals surface area contributed by atoms with E-state index in [1.165, 1.54) is 9.13 Å². The van der Waals surface area contributed by atoms with E-state index >= 15 is 0 Å². The molecule has 0 bridgehead atoms. The summed E-state index contributed by atoms with van der Waals surface area (Å²) in [5.41, 5.74) is 2.22. The Kier molecular flexibility index (Phi) is 3.97. The lowest BCUT2D eigenvalue weighted by Crippen LogP contribution is -2.34. The van der Waals surface area contributed by atoms with Crippen molar-refractivity contribution in [1.82, 2.24) is 0 Å². The first-order chi connectivity index (χ1) is 7.96. The first kappa shape index (κ1) is 13.1. The van der Waals surface area contributed by atoms with Gasteiger partial charge >= 0.3 is 0 Å². The highest BCUT2D eigenvalue weighted by Gasteiger charge is 2.24. The van der Waals surface area contributed by atoms with Gasteiger partial charge in [-0.15, -0.1) is 0 Å². The van der Waals surface area contributed by atoms with Crippen LogP contribution in [0, 0.1) is 10.5 Å². The number of benzene rings is 1. The van der Waals surface area contributed by atoms with Gasteiger partial charge in [0.25, 0.3) is 0 Å². The van der Waals surface area contributed by atoms with Crippen LogP contribution in [0.25, 0.3) is 0 Å². The quantitative estimate of drug-likeness (QED) is 0.820. The van der Waals surface area contributed by atoms with E-state index in [4.69, 9.17) is 0 Å². The van der Waals surface area contributed by atoms with Crippen molar-refractivity contribution >= 4 is 38.1 Å². The van der Waals surface area contributed by atoms with Crippen LogP contribution in [0.3, 0.4) is 0 Å². The van der Waals surface area contributed by atoms with E-state index in [2.05, 4.69) is 34.0 Å². The molecule has 0 saturated carbocycles. The van der Waals surface area contributed by atoms with Gasteiger partial charge in [-0.05, 0) is 66.1 Å². The van der Waals surface area contributed by atoms with Gasteiger partial charge in [0.1, 0.15) is 0 Å². The lowest BCUT2D eigenvalue weighted by molar-refractivity contribution is 0.562. The molecule has 17 heavy (non-hydrogen) atoms. The molecule has 5 heteroatoms. The number of aryl methyl sites for hydroxylation is 1. The molecule has 1 aromatic rings. The van der Waals surface area contributed by atoms with Crippen LogP contribution in [0.1, 0.15) is 18.4 Å². The van der Waals surface area contributed by atoms with E-state index < -0.39 is 9.84 Å². The zero-order chi connectivity index (χ0) is 12.5. The van der Waals surface area contributed by atoms with E-state index in [0.29, 0.717) is 5.75 Å². The number of hydrogen-bond donors (Lipinski definition) is 1. The molecule has 1 atom stereocenters. The molecule has 0 aromatic heterocycles. The number of hydrogen-bond acceptors (Lipinski definition) is 3. The molecule has 3 nitrogen and oxygen atoms in total. The Bertz CT molecular complexity index is 513. The maximum Gasteiger partial charge on any atom is 0.152 e. The molecular formula is C12H16INO2S. The highest BCUT2D eigenvalue weighted by molar-refractivity contribution is 14.1. The second-order valence-corrected chi connectivity index (χ2v) is 8.03. The molecule has 0 aliphatic carbocycles. The first-order valence-electron chi connectivity index (χ1n) is 5.69. The van der Waals surface area contributed by atoms with Gasteiger partial charge in [0.05, 0.1) is 11.5 Å². The van der Waals surface area contributed by atoms with Crippen LogP contribution >= 0.6 is 22.6 Å². The minimum Gasteiger partial charge on any atom is -0.381 e. The average Bonchev–Trinajstić information content (AvgIpc) is 2.21. The van der Waals surface area contributed by atoms with Crippen molar-refractivity contribution in [3.8, 4) is 0 Å². The summed E-state index contributed by atoms with van der Waals surface area (Å²) in [6, 6.07) is 6.22. The number of nitrogens with one attached hydrogen (secondary N) is 1. The first-order valence-corrected chi connectivity index (χ1v) is 8.59. The molecule has 1 heterocycles. The van der Waals surface area contributed by atoms with Gasteiger partial charge in [0.15, 0.2) is 9.84 Å². The molecular weight excluding hydrogens is 349 g/mol. The molecule has 0 spiro atoms. The van der Waals surface area contributed by atoms with E-state index in [-0.39, 0.29) is 11.8 Å². The molecule has 1 saturated heterocycles. The molecule has 2 rings (SSSR count). The summed E-state index contributed by atoms with van der Waals surface area (Å²) in [6.07, 6.45) is 1.70. The van der Waals surface area contributed by atoms with E-state index in [9.17, 15) is 8.42 Å². The van der Waals surface area contributed by atoms with Crippen LogP contribution in [-0.4, -0.2) is 26.0 Å². The van der Waals surface area contributed by atoms with Crippen LogP contribution in [0.5, 0.6) is 0 Å². The van der Waals surface area contributed by atoms with Crippen LogP contribution < -0.4 is 5.32 Å². The molecule has 1 fully saturated rings. The number of halogens is 1. The van der Waals surface area contributed by atoms with Crippen LogP contribution in [0.2, 0.25) is 0 Å². The van der Waals surface area contributed by atoms with Crippen molar-refractivity contribution in [3.63, 3.8) is 0 Å². The van der Waals surface area contributed by atoms with Crippen LogP contribution in [0.15, 0.2) is 18.2 Å². The molecule has 94 valence electrons. The van der Waals surface area contributed by atoms with Gasteiger partial charge in [-0.2, -0.15) is 0 Å². The van der Waals surface area contributed by atoms with Gasteiger partial charge in [-0.25, -0.2) is 8.42 Å². The van der Waals surface area contributed by atoms with Gasteiger partial charge in [-0.3, -0.25) is 0 Å². The fourth-order valence-electron chi connectivity index (χ4n) is 2.15. The smallest absolute Gasteiger partial charge is 0.152 e. The van der Waals surface area contributed by atoms with Crippen molar-refractivity contribution in [1.29, 1.82) is 0 Å². The number of sulfone groups is 1. The summed E-state index contributed by atoms with van der Waals surface area (Å²) in [6.45, 7) is 2.04. The predicted octanol–water partition coefficient (Wildman–Crippen LogP) is 2.59. The Hall–Kier alpha value is -0.300. The molecule has 1 aromatic carbocycles. The zero-order valence-corrected chi connectivity index (χ0v) is 12.7. The largest absolute Gasteiger partial charge is 0.381 e. The third kappa shape index (κ3) is 3.58. The van der Waals surface area contributed by atoms with Gasteiger partial charge in [0, 0.05) is 15.3 Å². The maximum atomic E-state index is 11.5. The predicted molar refractivity (Wildman–Crippen MR) is 79.2 cm³/mol. The fourth-order valence-corrected chi connectivity index (χ4v) is 4.43. The van der Waals surface area contributed by atoms with Crippen molar-refractivity contribution in [3.05, 3.63) is 27.3 Å². The lowest BCUT2D eigenvalue weighted by Gasteiger charge is -2.24. The Morgan fingerprint density at radius 1 is 1.41 bits per heavy atom. The Morgan fingerprint density at radius 2 is 2.18 bits per heavy atom. The van der Waals surface area contributed by atoms with Crippen molar-refractivity contribution in [2.75, 3.05) is 16.8 Å². The normalized spacial score (nSPS) is 23.3. The van der Waals surface area contributed by atoms with Gasteiger partial charge in [0.2, 0.25) is 0 Å². The Labute approximate surface area is 116 Å². The molecule has 1 aliphatic heterocycles. The Morgan fingerprint density at radius 3 is 2.82 bits per heavy atom. The fraction of sp³-hybridized carbons (Fsp3) is 0.500. The molecule has 1 unspecified atom stereocenters. The van der Waals surface area contributed by atoms with Crippen LogP contribution in [-0.2, 0) is 9.84 Å². The Balaban J connectivity index is 2.10. The summed E-state index contributed by atoms with van der Waals surface area (Å²) in [5, 5.41) is 3.35. The maximum absolute atomic E-state index is 11.5. The van der Waals surface area contributed by atoms with E-state index in [0.717, 1.165) is 18.5 Å². The highest BCUT2D eigenvalue weighted by atomic mass is 127. The van der Waals surface area contributed by atoms with Crippen molar-refractivity contribution in [2.45, 2.75) is 25.8 Å². The monoisotopic (exact) mass is 365 g/mol. The third-order valence-electron chi connectivity index (χ3n) is 3.01. The van der Waals surface area contributed by atoms with Gasteiger partial charge < -0.3 is 5.32 Å². The van der Waals surface area contributed by atoms with E-state index in [1.807, 2.05) is 19.1 Å². The SMILES string of the molecule is Cc1cc(I)ccc1NC1CCCS(=O)(=O)C1. The minimum absolute atomic E-state index is 0.0625. The lowest BCUT2D eigenvalue weighted by atomic mass is 10.1. The minimum atomic E-state index is -2.84. The number of anilines is 1. The molecule has 0 radical (unpaired) electrons. The number of rotatable bonds is 2. The third-order valence-corrected chi connectivity index (χ3v) is 5.50.